The molecule has 0 aromatic heterocycles. The lowest BCUT2D eigenvalue weighted by atomic mass is 10.00. The number of hydrogen-bond acceptors (Lipinski definition) is 1. The lowest BCUT2D eigenvalue weighted by Crippen LogP contribution is -2.20. The second-order valence-electron chi connectivity index (χ2n) is 3.27. The number of carbonyl (C=O) groups excluding carboxylic acids is 1. The van der Waals surface area contributed by atoms with Crippen LogP contribution in [0.25, 0.3) is 0 Å². The zero-order valence-corrected chi connectivity index (χ0v) is 7.36. The Kier molecular flexibility index (Phi) is 1.79. The largest absolute Gasteiger partial charge is 0.326 e. The number of benzene rings is 1. The molecule has 3 heteroatoms. The van der Waals surface area contributed by atoms with Gasteiger partial charge in [0.25, 0.3) is 0 Å². The number of rotatable bonds is 0. The number of fused-ring (bicyclic) bond motifs is 1. The summed E-state index contributed by atoms with van der Waals surface area (Å²) in [7, 11) is 0. The van der Waals surface area contributed by atoms with E-state index in [1.54, 1.807) is 19.1 Å². The van der Waals surface area contributed by atoms with Gasteiger partial charge in [-0.1, -0.05) is 6.07 Å². The van der Waals surface area contributed by atoms with Gasteiger partial charge in [0.2, 0.25) is 5.91 Å². The second-order valence-corrected chi connectivity index (χ2v) is 3.27. The van der Waals surface area contributed by atoms with Crippen molar-refractivity contribution in [2.75, 3.05) is 5.32 Å². The van der Waals surface area contributed by atoms with Gasteiger partial charge >= 0.3 is 0 Å². The lowest BCUT2D eigenvalue weighted by Gasteiger charge is -2.17. The number of hydrogen-bond donors (Lipinski definition) is 1. The van der Waals surface area contributed by atoms with Crippen molar-refractivity contribution in [3.8, 4) is 0 Å². The van der Waals surface area contributed by atoms with Crippen molar-refractivity contribution in [2.24, 2.45) is 0 Å². The molecule has 0 unspecified atom stereocenters. The summed E-state index contributed by atoms with van der Waals surface area (Å²) in [6, 6.07) is 3.44. The highest BCUT2D eigenvalue weighted by Gasteiger charge is 2.18. The molecule has 0 fully saturated rings. The van der Waals surface area contributed by atoms with Crippen LogP contribution >= 0.6 is 0 Å². The fourth-order valence-electron chi connectivity index (χ4n) is 1.55. The first kappa shape index (κ1) is 8.23. The molecule has 1 aromatic carbocycles. The van der Waals surface area contributed by atoms with Crippen LogP contribution in [0.15, 0.2) is 12.1 Å². The molecular weight excluding hydrogens is 169 g/mol. The molecule has 1 aliphatic rings. The SMILES string of the molecule is Cc1ccc2c(c1F)CCC(=O)N2. The van der Waals surface area contributed by atoms with Gasteiger partial charge in [-0.2, -0.15) is 0 Å². The van der Waals surface area contributed by atoms with Crippen molar-refractivity contribution in [1.29, 1.82) is 0 Å². The van der Waals surface area contributed by atoms with Crippen molar-refractivity contribution in [2.45, 2.75) is 19.8 Å². The fourth-order valence-corrected chi connectivity index (χ4v) is 1.55. The zero-order chi connectivity index (χ0) is 9.42. The molecule has 0 radical (unpaired) electrons. The first-order chi connectivity index (χ1) is 6.18. The molecule has 1 aromatic rings. The molecule has 0 spiro atoms. The van der Waals surface area contributed by atoms with Crippen LogP contribution in [0, 0.1) is 12.7 Å². The number of halogens is 1. The Morgan fingerprint density at radius 1 is 1.38 bits per heavy atom. The van der Waals surface area contributed by atoms with Crippen LogP contribution in [0.1, 0.15) is 17.5 Å². The molecular formula is C10H10FNO. The van der Waals surface area contributed by atoms with Crippen molar-refractivity contribution >= 4 is 11.6 Å². The average molecular weight is 179 g/mol. The summed E-state index contributed by atoms with van der Waals surface area (Å²) in [5, 5.41) is 2.65. The minimum absolute atomic E-state index is 0.0317. The van der Waals surface area contributed by atoms with E-state index in [4.69, 9.17) is 0 Å². The maximum atomic E-state index is 13.5. The lowest BCUT2D eigenvalue weighted by molar-refractivity contribution is -0.116. The van der Waals surface area contributed by atoms with Crippen molar-refractivity contribution in [3.05, 3.63) is 29.1 Å². The highest BCUT2D eigenvalue weighted by Crippen LogP contribution is 2.26. The summed E-state index contributed by atoms with van der Waals surface area (Å²) in [4.78, 5) is 11.0. The summed E-state index contributed by atoms with van der Waals surface area (Å²) in [6.45, 7) is 1.73. The van der Waals surface area contributed by atoms with Crippen LogP contribution in [-0.4, -0.2) is 5.91 Å². The molecule has 1 aliphatic heterocycles. The van der Waals surface area contributed by atoms with Crippen molar-refractivity contribution in [3.63, 3.8) is 0 Å². The van der Waals surface area contributed by atoms with Gasteiger partial charge < -0.3 is 5.32 Å². The molecule has 0 atom stereocenters. The maximum Gasteiger partial charge on any atom is 0.224 e. The Balaban J connectivity index is 2.53. The van der Waals surface area contributed by atoms with Gasteiger partial charge in [0.05, 0.1) is 0 Å². The third-order valence-corrected chi connectivity index (χ3v) is 2.31. The van der Waals surface area contributed by atoms with E-state index in [0.717, 1.165) is 0 Å². The Bertz CT molecular complexity index is 373. The van der Waals surface area contributed by atoms with Crippen LogP contribution in [0.4, 0.5) is 10.1 Å². The fraction of sp³-hybridized carbons (Fsp3) is 0.300. The molecule has 0 saturated carbocycles. The maximum absolute atomic E-state index is 13.5. The van der Waals surface area contributed by atoms with E-state index in [1.165, 1.54) is 0 Å². The van der Waals surface area contributed by atoms with Crippen LogP contribution in [-0.2, 0) is 11.2 Å². The molecule has 1 N–H and O–H groups in total. The summed E-state index contributed by atoms with van der Waals surface area (Å²) >= 11 is 0. The molecule has 2 rings (SSSR count). The first-order valence-corrected chi connectivity index (χ1v) is 4.26. The number of aryl methyl sites for hydroxylation is 1. The van der Waals surface area contributed by atoms with Crippen LogP contribution in [0.5, 0.6) is 0 Å². The van der Waals surface area contributed by atoms with E-state index in [-0.39, 0.29) is 11.7 Å². The Labute approximate surface area is 75.8 Å². The van der Waals surface area contributed by atoms with E-state index in [2.05, 4.69) is 5.32 Å². The highest BCUT2D eigenvalue weighted by atomic mass is 19.1. The van der Waals surface area contributed by atoms with Crippen molar-refractivity contribution < 1.29 is 9.18 Å². The minimum atomic E-state index is -0.183. The Morgan fingerprint density at radius 3 is 2.92 bits per heavy atom. The smallest absolute Gasteiger partial charge is 0.224 e. The summed E-state index contributed by atoms with van der Waals surface area (Å²) in [5.41, 5.74) is 1.90. The highest BCUT2D eigenvalue weighted by molar-refractivity contribution is 5.93. The summed E-state index contributed by atoms with van der Waals surface area (Å²) < 4.78 is 13.5. The van der Waals surface area contributed by atoms with Gasteiger partial charge in [-0.15, -0.1) is 0 Å². The van der Waals surface area contributed by atoms with E-state index >= 15 is 0 Å². The third-order valence-electron chi connectivity index (χ3n) is 2.31. The first-order valence-electron chi connectivity index (χ1n) is 4.26. The van der Waals surface area contributed by atoms with Crippen LogP contribution < -0.4 is 5.32 Å². The standard InChI is InChI=1S/C10H10FNO/c1-6-2-4-8-7(10(6)11)3-5-9(13)12-8/h2,4H,3,5H2,1H3,(H,12,13). The topological polar surface area (TPSA) is 29.1 Å². The van der Waals surface area contributed by atoms with E-state index in [0.29, 0.717) is 29.7 Å². The zero-order valence-electron chi connectivity index (χ0n) is 7.36. The predicted molar refractivity (Wildman–Crippen MR) is 48.1 cm³/mol. The van der Waals surface area contributed by atoms with Crippen molar-refractivity contribution in [1.82, 2.24) is 0 Å². The Morgan fingerprint density at radius 2 is 2.15 bits per heavy atom. The summed E-state index contributed by atoms with van der Waals surface area (Å²) in [5.74, 6) is -0.215. The molecule has 68 valence electrons. The van der Waals surface area contributed by atoms with Gasteiger partial charge in [-0.25, -0.2) is 4.39 Å². The van der Waals surface area contributed by atoms with E-state index in [9.17, 15) is 9.18 Å². The second kappa shape index (κ2) is 2.83. The van der Waals surface area contributed by atoms with Gasteiger partial charge in [-0.3, -0.25) is 4.79 Å². The summed E-state index contributed by atoms with van der Waals surface area (Å²) in [6.07, 6.45) is 0.891. The normalized spacial score (nSPS) is 15.1. The Hall–Kier alpha value is -1.38. The quantitative estimate of drug-likeness (QED) is 0.648. The molecule has 1 heterocycles. The van der Waals surface area contributed by atoms with Crippen LogP contribution in [0.2, 0.25) is 0 Å². The third kappa shape index (κ3) is 1.30. The monoisotopic (exact) mass is 179 g/mol. The molecule has 13 heavy (non-hydrogen) atoms. The number of anilines is 1. The number of amides is 1. The van der Waals surface area contributed by atoms with Gasteiger partial charge in [0.1, 0.15) is 5.82 Å². The molecule has 1 amide bonds. The van der Waals surface area contributed by atoms with Gasteiger partial charge in [0.15, 0.2) is 0 Å². The van der Waals surface area contributed by atoms with Gasteiger partial charge in [-0.05, 0) is 25.0 Å². The molecule has 0 bridgehead atoms. The predicted octanol–water partition coefficient (Wildman–Crippen LogP) is 2.02. The average Bonchev–Trinajstić information content (AvgIpc) is 2.12. The minimum Gasteiger partial charge on any atom is -0.326 e. The van der Waals surface area contributed by atoms with E-state index < -0.39 is 0 Å². The number of nitrogens with one attached hydrogen (secondary N) is 1. The van der Waals surface area contributed by atoms with Gasteiger partial charge in [0, 0.05) is 17.7 Å². The molecule has 0 saturated heterocycles. The molecule has 0 aliphatic carbocycles. The van der Waals surface area contributed by atoms with Crippen LogP contribution in [0.3, 0.4) is 0 Å². The molecule has 2 nitrogen and oxygen atoms in total. The van der Waals surface area contributed by atoms with E-state index in [1.807, 2.05) is 0 Å². The number of carbonyl (C=O) groups is 1.